The van der Waals surface area contributed by atoms with Gasteiger partial charge in [-0.2, -0.15) is 0 Å². The molecule has 5 heteroatoms. The first kappa shape index (κ1) is 17.7. The molecule has 120 valence electrons. The summed E-state index contributed by atoms with van der Waals surface area (Å²) < 4.78 is 0. The van der Waals surface area contributed by atoms with Crippen LogP contribution in [-0.4, -0.2) is 36.0 Å². The van der Waals surface area contributed by atoms with Gasteiger partial charge >= 0.3 is 0 Å². The molecule has 0 spiro atoms. The smallest absolute Gasteiger partial charge is 0.246 e. The maximum atomic E-state index is 12.9. The van der Waals surface area contributed by atoms with E-state index in [1.807, 2.05) is 20.8 Å². The third-order valence-electron chi connectivity index (χ3n) is 3.79. The fraction of sp³-hybridized carbons (Fsp3) is 0.750. The van der Waals surface area contributed by atoms with Crippen molar-refractivity contribution < 1.29 is 9.59 Å². The van der Waals surface area contributed by atoms with Gasteiger partial charge in [0.25, 0.3) is 0 Å². The van der Waals surface area contributed by atoms with E-state index in [9.17, 15) is 9.59 Å². The van der Waals surface area contributed by atoms with E-state index in [0.29, 0.717) is 12.8 Å². The van der Waals surface area contributed by atoms with Crippen molar-refractivity contribution in [1.82, 2.24) is 16.0 Å². The molecule has 1 saturated heterocycles. The van der Waals surface area contributed by atoms with Gasteiger partial charge in [0.15, 0.2) is 0 Å². The average molecular weight is 295 g/mol. The Morgan fingerprint density at radius 3 is 2.43 bits per heavy atom. The Labute approximate surface area is 127 Å². The summed E-state index contributed by atoms with van der Waals surface area (Å²) in [6.45, 7) is 12.7. The predicted octanol–water partition coefficient (Wildman–Crippen LogP) is 1.35. The quantitative estimate of drug-likeness (QED) is 0.648. The molecule has 0 aromatic rings. The number of hydrogen-bond donors (Lipinski definition) is 3. The molecule has 21 heavy (non-hydrogen) atoms. The first-order valence-electron chi connectivity index (χ1n) is 7.64. The normalized spacial score (nSPS) is 21.4. The summed E-state index contributed by atoms with van der Waals surface area (Å²) in [7, 11) is 0. The molecule has 0 radical (unpaired) electrons. The molecule has 1 fully saturated rings. The molecule has 5 nitrogen and oxygen atoms in total. The highest BCUT2D eigenvalue weighted by molar-refractivity contribution is 5.91. The number of amides is 2. The molecule has 1 aliphatic heterocycles. The number of carbonyl (C=O) groups excluding carboxylic acids is 2. The highest BCUT2D eigenvalue weighted by Crippen LogP contribution is 2.30. The standard InChI is InChI=1S/C16H29N3O2/c1-6-7-9-16(18-12(2)20,13-8-10-17-11-13)14(21)19-15(3,4)5/h6,13,17H,1,7-11H2,2-5H3,(H,18,20)(H,19,21). The van der Waals surface area contributed by atoms with Crippen LogP contribution in [-0.2, 0) is 9.59 Å². The van der Waals surface area contributed by atoms with E-state index in [1.54, 1.807) is 6.08 Å². The summed E-state index contributed by atoms with van der Waals surface area (Å²) in [6.07, 6.45) is 3.94. The fourth-order valence-corrected chi connectivity index (χ4v) is 2.90. The molecule has 1 rings (SSSR count). The van der Waals surface area contributed by atoms with E-state index in [2.05, 4.69) is 22.5 Å². The summed E-state index contributed by atoms with van der Waals surface area (Å²) in [4.78, 5) is 24.6. The van der Waals surface area contributed by atoms with E-state index in [-0.39, 0.29) is 23.3 Å². The lowest BCUT2D eigenvalue weighted by Gasteiger charge is -2.40. The molecule has 1 heterocycles. The van der Waals surface area contributed by atoms with Crippen LogP contribution in [0.4, 0.5) is 0 Å². The Bertz CT molecular complexity index is 395. The lowest BCUT2D eigenvalue weighted by molar-refractivity contribution is -0.136. The van der Waals surface area contributed by atoms with Gasteiger partial charge in [-0.1, -0.05) is 6.08 Å². The third-order valence-corrected chi connectivity index (χ3v) is 3.79. The summed E-state index contributed by atoms with van der Waals surface area (Å²) in [5.74, 6) is -0.167. The Morgan fingerprint density at radius 1 is 1.33 bits per heavy atom. The molecule has 0 saturated carbocycles. The van der Waals surface area contributed by atoms with Crippen molar-refractivity contribution in [3.8, 4) is 0 Å². The minimum atomic E-state index is -0.864. The number of allylic oxidation sites excluding steroid dienone is 1. The molecular formula is C16H29N3O2. The largest absolute Gasteiger partial charge is 0.349 e. The average Bonchev–Trinajstić information content (AvgIpc) is 2.85. The number of carbonyl (C=O) groups is 2. The van der Waals surface area contributed by atoms with Gasteiger partial charge in [-0.3, -0.25) is 9.59 Å². The maximum absolute atomic E-state index is 12.9. The molecule has 2 atom stereocenters. The van der Waals surface area contributed by atoms with E-state index in [1.165, 1.54) is 6.92 Å². The Kier molecular flexibility index (Phi) is 5.96. The summed E-state index contributed by atoms with van der Waals surface area (Å²) in [5, 5.41) is 9.28. The van der Waals surface area contributed by atoms with E-state index >= 15 is 0 Å². The Balaban J connectivity index is 3.10. The van der Waals surface area contributed by atoms with Crippen LogP contribution in [0.2, 0.25) is 0 Å². The van der Waals surface area contributed by atoms with Crippen molar-refractivity contribution in [1.29, 1.82) is 0 Å². The van der Waals surface area contributed by atoms with Gasteiger partial charge in [0.1, 0.15) is 5.54 Å². The molecule has 3 N–H and O–H groups in total. The first-order chi connectivity index (χ1) is 9.71. The van der Waals surface area contributed by atoms with Gasteiger partial charge in [-0.15, -0.1) is 6.58 Å². The van der Waals surface area contributed by atoms with Crippen molar-refractivity contribution in [2.24, 2.45) is 5.92 Å². The zero-order valence-electron chi connectivity index (χ0n) is 13.7. The van der Waals surface area contributed by atoms with Crippen molar-refractivity contribution in [3.05, 3.63) is 12.7 Å². The molecule has 0 aromatic heterocycles. The molecule has 1 aliphatic rings. The van der Waals surface area contributed by atoms with Crippen LogP contribution in [0, 0.1) is 5.92 Å². The molecule has 0 aliphatic carbocycles. The van der Waals surface area contributed by atoms with Gasteiger partial charge in [-0.05, 0) is 46.6 Å². The molecule has 2 amide bonds. The number of nitrogens with one attached hydrogen (secondary N) is 3. The monoisotopic (exact) mass is 295 g/mol. The van der Waals surface area contributed by atoms with Crippen LogP contribution in [0.5, 0.6) is 0 Å². The molecule has 2 unspecified atom stereocenters. The zero-order chi connectivity index (χ0) is 16.1. The van der Waals surface area contributed by atoms with Gasteiger partial charge in [0, 0.05) is 24.9 Å². The highest BCUT2D eigenvalue weighted by Gasteiger charge is 2.47. The van der Waals surface area contributed by atoms with Gasteiger partial charge in [0.05, 0.1) is 0 Å². The van der Waals surface area contributed by atoms with Crippen molar-refractivity contribution in [2.75, 3.05) is 13.1 Å². The van der Waals surface area contributed by atoms with Crippen LogP contribution in [0.1, 0.15) is 47.0 Å². The molecule has 0 aromatic carbocycles. The first-order valence-corrected chi connectivity index (χ1v) is 7.64. The van der Waals surface area contributed by atoms with Crippen LogP contribution in [0.15, 0.2) is 12.7 Å². The van der Waals surface area contributed by atoms with E-state index < -0.39 is 5.54 Å². The van der Waals surface area contributed by atoms with Crippen LogP contribution >= 0.6 is 0 Å². The van der Waals surface area contributed by atoms with Crippen molar-refractivity contribution >= 4 is 11.8 Å². The van der Waals surface area contributed by atoms with E-state index in [0.717, 1.165) is 19.5 Å². The highest BCUT2D eigenvalue weighted by atomic mass is 16.2. The van der Waals surface area contributed by atoms with E-state index in [4.69, 9.17) is 0 Å². The second-order valence-corrected chi connectivity index (χ2v) is 6.87. The van der Waals surface area contributed by atoms with Crippen molar-refractivity contribution in [3.63, 3.8) is 0 Å². The van der Waals surface area contributed by atoms with Crippen LogP contribution in [0.3, 0.4) is 0 Å². The van der Waals surface area contributed by atoms with Gasteiger partial charge < -0.3 is 16.0 Å². The molecular weight excluding hydrogens is 266 g/mol. The topological polar surface area (TPSA) is 70.2 Å². The Morgan fingerprint density at radius 2 is 2.00 bits per heavy atom. The summed E-state index contributed by atoms with van der Waals surface area (Å²) >= 11 is 0. The SMILES string of the molecule is C=CCCC(NC(C)=O)(C(=O)NC(C)(C)C)C1CCNC1. The lowest BCUT2D eigenvalue weighted by Crippen LogP contribution is -2.65. The van der Waals surface area contributed by atoms with Gasteiger partial charge in [0.2, 0.25) is 11.8 Å². The minimum Gasteiger partial charge on any atom is -0.349 e. The summed E-state index contributed by atoms with van der Waals surface area (Å²) in [5.41, 5.74) is -1.20. The summed E-state index contributed by atoms with van der Waals surface area (Å²) in [6, 6.07) is 0. The lowest BCUT2D eigenvalue weighted by atomic mass is 9.77. The Hall–Kier alpha value is -1.36. The second-order valence-electron chi connectivity index (χ2n) is 6.87. The molecule has 0 bridgehead atoms. The van der Waals surface area contributed by atoms with Crippen LogP contribution in [0.25, 0.3) is 0 Å². The van der Waals surface area contributed by atoms with Crippen molar-refractivity contribution in [2.45, 2.75) is 58.0 Å². The second kappa shape index (κ2) is 7.07. The van der Waals surface area contributed by atoms with Crippen LogP contribution < -0.4 is 16.0 Å². The minimum absolute atomic E-state index is 0.0965. The van der Waals surface area contributed by atoms with Gasteiger partial charge in [-0.25, -0.2) is 0 Å². The zero-order valence-corrected chi connectivity index (χ0v) is 13.7. The fourth-order valence-electron chi connectivity index (χ4n) is 2.90. The third kappa shape index (κ3) is 4.84. The predicted molar refractivity (Wildman–Crippen MR) is 84.9 cm³/mol. The number of rotatable bonds is 6. The maximum Gasteiger partial charge on any atom is 0.246 e. The number of hydrogen-bond acceptors (Lipinski definition) is 3.